The highest BCUT2D eigenvalue weighted by Gasteiger charge is 2.03. The van der Waals surface area contributed by atoms with E-state index in [0.717, 1.165) is 11.6 Å². The third-order valence-electron chi connectivity index (χ3n) is 3.57. The van der Waals surface area contributed by atoms with E-state index in [9.17, 15) is 0 Å². The predicted octanol–water partition coefficient (Wildman–Crippen LogP) is 2.33. The molecule has 0 saturated heterocycles. The van der Waals surface area contributed by atoms with Crippen molar-refractivity contribution in [3.05, 3.63) is 36.4 Å². The number of aromatic nitrogens is 4. The first-order valence-corrected chi connectivity index (χ1v) is 7.95. The van der Waals surface area contributed by atoms with Crippen molar-refractivity contribution in [3.63, 3.8) is 0 Å². The van der Waals surface area contributed by atoms with Gasteiger partial charge in [0, 0.05) is 37.9 Å². The third-order valence-corrected chi connectivity index (χ3v) is 3.57. The molecule has 132 valence electrons. The molecule has 23 heavy (non-hydrogen) atoms. The van der Waals surface area contributed by atoms with Crippen LogP contribution in [0.2, 0.25) is 0 Å². The number of nitrogens with one attached hydrogen (secondary N) is 1. The third kappa shape index (κ3) is 11.5. The number of hydrogen-bond acceptors (Lipinski definition) is 4. The molecule has 6 nitrogen and oxygen atoms in total. The van der Waals surface area contributed by atoms with Crippen molar-refractivity contribution >= 4 is 0 Å². The molecule has 0 fully saturated rings. The van der Waals surface area contributed by atoms with E-state index in [2.05, 4.69) is 59.9 Å². The van der Waals surface area contributed by atoms with Gasteiger partial charge in [0.25, 0.3) is 0 Å². The molecule has 1 unspecified atom stereocenters. The average molecular weight is 323 g/mol. The largest absolute Gasteiger partial charge is 0.349 e. The zero-order chi connectivity index (χ0) is 17.8. The molecule has 2 rings (SSSR count). The molecule has 2 aromatic rings. The monoisotopic (exact) mass is 322 g/mol. The fraction of sp³-hybridized carbons (Fsp3) is 0.647. The van der Waals surface area contributed by atoms with Crippen molar-refractivity contribution in [2.45, 2.75) is 33.2 Å². The van der Waals surface area contributed by atoms with Gasteiger partial charge in [-0.1, -0.05) is 0 Å². The molecule has 1 N–H and O–H groups in total. The van der Waals surface area contributed by atoms with Crippen LogP contribution < -0.4 is 0 Å². The predicted molar refractivity (Wildman–Crippen MR) is 97.6 cm³/mol. The van der Waals surface area contributed by atoms with Crippen LogP contribution in [-0.4, -0.2) is 70.1 Å². The van der Waals surface area contributed by atoms with Crippen LogP contribution >= 0.6 is 0 Å². The second-order valence-electron chi connectivity index (χ2n) is 6.16. The van der Waals surface area contributed by atoms with Gasteiger partial charge in [-0.05, 0) is 61.9 Å². The average Bonchev–Trinajstić information content (AvgIpc) is 3.09. The molecule has 2 heterocycles. The number of hydrogen-bond donors (Lipinski definition) is 1. The Hall–Kier alpha value is -1.66. The fourth-order valence-electron chi connectivity index (χ4n) is 1.49. The van der Waals surface area contributed by atoms with Gasteiger partial charge in [-0.2, -0.15) is 0 Å². The number of aromatic amines is 1. The van der Waals surface area contributed by atoms with Gasteiger partial charge in [0.1, 0.15) is 11.6 Å². The zero-order valence-corrected chi connectivity index (χ0v) is 16.0. The van der Waals surface area contributed by atoms with Crippen LogP contribution in [0.25, 0.3) is 0 Å². The lowest BCUT2D eigenvalue weighted by Crippen LogP contribution is -2.28. The van der Waals surface area contributed by atoms with Crippen molar-refractivity contribution in [2.75, 3.05) is 34.7 Å². The normalized spacial score (nSPS) is 11.6. The Morgan fingerprint density at radius 2 is 1.78 bits per heavy atom. The van der Waals surface area contributed by atoms with Gasteiger partial charge < -0.3 is 19.4 Å². The summed E-state index contributed by atoms with van der Waals surface area (Å²) in [6, 6.07) is 0.697. The molecule has 0 aliphatic heterocycles. The van der Waals surface area contributed by atoms with Gasteiger partial charge >= 0.3 is 0 Å². The van der Waals surface area contributed by atoms with Crippen molar-refractivity contribution in [1.82, 2.24) is 29.3 Å². The van der Waals surface area contributed by atoms with Gasteiger partial charge in [0.05, 0.1) is 0 Å². The van der Waals surface area contributed by atoms with E-state index >= 15 is 0 Å². The Labute approximate surface area is 141 Å². The van der Waals surface area contributed by atoms with Crippen LogP contribution in [0.1, 0.15) is 25.0 Å². The van der Waals surface area contributed by atoms with Crippen molar-refractivity contribution < 1.29 is 0 Å². The Kier molecular flexibility index (Phi) is 11.0. The molecular weight excluding hydrogens is 288 g/mol. The van der Waals surface area contributed by atoms with Gasteiger partial charge in [-0.15, -0.1) is 0 Å². The standard InChI is InChI=1S/C8H20N2.C5H8N2.C4H6N2/c1-8(10(4)5)6-7-9(2)3;1-5-6-3-4-7(5)2;1-4-5-2-3-6-4/h8H,6-7H2,1-5H3;3-4H,1-2H3;2-3H,1H3,(H,5,6). The van der Waals surface area contributed by atoms with Gasteiger partial charge in [-0.25, -0.2) is 9.97 Å². The molecule has 0 saturated carbocycles. The summed E-state index contributed by atoms with van der Waals surface area (Å²) in [6.07, 6.45) is 8.50. The van der Waals surface area contributed by atoms with E-state index in [1.165, 1.54) is 13.0 Å². The smallest absolute Gasteiger partial charge is 0.105 e. The Morgan fingerprint density at radius 1 is 1.13 bits per heavy atom. The molecule has 6 heteroatoms. The van der Waals surface area contributed by atoms with Crippen LogP contribution in [0.3, 0.4) is 0 Å². The first kappa shape index (κ1) is 21.3. The summed E-state index contributed by atoms with van der Waals surface area (Å²) >= 11 is 0. The van der Waals surface area contributed by atoms with Crippen LogP contribution in [0.4, 0.5) is 0 Å². The second kappa shape index (κ2) is 11.8. The molecule has 0 aromatic carbocycles. The van der Waals surface area contributed by atoms with Gasteiger partial charge in [-0.3, -0.25) is 0 Å². The summed E-state index contributed by atoms with van der Waals surface area (Å²) in [5.41, 5.74) is 0. The molecule has 0 spiro atoms. The summed E-state index contributed by atoms with van der Waals surface area (Å²) in [5, 5.41) is 0. The quantitative estimate of drug-likeness (QED) is 0.939. The minimum absolute atomic E-state index is 0.697. The number of imidazole rings is 2. The second-order valence-corrected chi connectivity index (χ2v) is 6.16. The summed E-state index contributed by atoms with van der Waals surface area (Å²) < 4.78 is 1.97. The molecule has 0 amide bonds. The lowest BCUT2D eigenvalue weighted by atomic mass is 10.2. The first-order valence-electron chi connectivity index (χ1n) is 7.95. The zero-order valence-electron chi connectivity index (χ0n) is 16.0. The maximum atomic E-state index is 3.98. The topological polar surface area (TPSA) is 53.0 Å². The number of aryl methyl sites for hydroxylation is 3. The van der Waals surface area contributed by atoms with E-state index in [1.54, 1.807) is 18.6 Å². The van der Waals surface area contributed by atoms with E-state index in [4.69, 9.17) is 0 Å². The molecule has 0 aliphatic carbocycles. The summed E-state index contributed by atoms with van der Waals surface area (Å²) in [5.74, 6) is 2.02. The highest BCUT2D eigenvalue weighted by Crippen LogP contribution is 1.97. The Balaban J connectivity index is 0.000000326. The van der Waals surface area contributed by atoms with Crippen molar-refractivity contribution in [2.24, 2.45) is 7.05 Å². The number of nitrogens with zero attached hydrogens (tertiary/aromatic N) is 5. The molecule has 0 radical (unpaired) electrons. The lowest BCUT2D eigenvalue weighted by Gasteiger charge is -2.21. The van der Waals surface area contributed by atoms with Gasteiger partial charge in [0.15, 0.2) is 0 Å². The Morgan fingerprint density at radius 3 is 2.00 bits per heavy atom. The van der Waals surface area contributed by atoms with E-state index < -0.39 is 0 Å². The first-order chi connectivity index (χ1) is 10.7. The summed E-state index contributed by atoms with van der Waals surface area (Å²) in [4.78, 5) is 15.2. The lowest BCUT2D eigenvalue weighted by molar-refractivity contribution is 0.267. The van der Waals surface area contributed by atoms with E-state index in [0.29, 0.717) is 6.04 Å². The highest BCUT2D eigenvalue weighted by molar-refractivity contribution is 4.85. The van der Waals surface area contributed by atoms with Gasteiger partial charge in [0.2, 0.25) is 0 Å². The minimum atomic E-state index is 0.697. The number of rotatable bonds is 4. The van der Waals surface area contributed by atoms with Crippen LogP contribution in [0.5, 0.6) is 0 Å². The fourth-order valence-corrected chi connectivity index (χ4v) is 1.49. The molecule has 1 atom stereocenters. The molecular formula is C17H34N6. The van der Waals surface area contributed by atoms with Crippen LogP contribution in [0.15, 0.2) is 24.8 Å². The van der Waals surface area contributed by atoms with Crippen LogP contribution in [-0.2, 0) is 7.05 Å². The summed E-state index contributed by atoms with van der Waals surface area (Å²) in [6.45, 7) is 7.32. The molecule has 0 aliphatic rings. The highest BCUT2D eigenvalue weighted by atomic mass is 15.1. The van der Waals surface area contributed by atoms with Crippen LogP contribution in [0, 0.1) is 13.8 Å². The maximum absolute atomic E-state index is 3.98. The Bertz CT molecular complexity index is 470. The summed E-state index contributed by atoms with van der Waals surface area (Å²) in [7, 11) is 10.5. The van der Waals surface area contributed by atoms with Crippen molar-refractivity contribution in [1.29, 1.82) is 0 Å². The minimum Gasteiger partial charge on any atom is -0.349 e. The van der Waals surface area contributed by atoms with E-state index in [1.807, 2.05) is 31.7 Å². The van der Waals surface area contributed by atoms with E-state index in [-0.39, 0.29) is 0 Å². The van der Waals surface area contributed by atoms with Crippen molar-refractivity contribution in [3.8, 4) is 0 Å². The molecule has 2 aromatic heterocycles. The molecule has 0 bridgehead atoms. The number of H-pyrrole nitrogens is 1. The maximum Gasteiger partial charge on any atom is 0.105 e. The SMILES string of the molecule is CC(CCN(C)C)N(C)C.Cc1ncc[nH]1.Cc1nccn1C.